The smallest absolute Gasteiger partial charge is 0.255 e. The van der Waals surface area contributed by atoms with Gasteiger partial charge in [-0.3, -0.25) is 9.59 Å². The van der Waals surface area contributed by atoms with Crippen LogP contribution in [-0.4, -0.2) is 23.8 Å². The third-order valence-corrected chi connectivity index (χ3v) is 3.94. The molecule has 4 heteroatoms. The van der Waals surface area contributed by atoms with E-state index in [0.717, 1.165) is 11.3 Å². The second-order valence-electron chi connectivity index (χ2n) is 5.48. The Morgan fingerprint density at radius 3 is 2.43 bits per heavy atom. The Balaban J connectivity index is 2.14. The summed E-state index contributed by atoms with van der Waals surface area (Å²) in [6, 6.07) is 16.6. The van der Waals surface area contributed by atoms with Crippen LogP contribution in [0.15, 0.2) is 54.6 Å². The van der Waals surface area contributed by atoms with E-state index >= 15 is 0 Å². The first-order valence-corrected chi connectivity index (χ1v) is 7.75. The highest BCUT2D eigenvalue weighted by atomic mass is 16.2. The molecule has 2 rings (SSSR count). The van der Waals surface area contributed by atoms with Gasteiger partial charge in [-0.25, -0.2) is 0 Å². The highest BCUT2D eigenvalue weighted by Crippen LogP contribution is 2.22. The molecule has 4 nitrogen and oxygen atoms in total. The summed E-state index contributed by atoms with van der Waals surface area (Å²) in [5.41, 5.74) is 2.32. The third kappa shape index (κ3) is 4.19. The zero-order chi connectivity index (χ0) is 16.8. The molecule has 0 heterocycles. The van der Waals surface area contributed by atoms with Crippen molar-refractivity contribution in [1.82, 2.24) is 4.90 Å². The molecule has 0 bridgehead atoms. The molecule has 1 N–H and O–H groups in total. The zero-order valence-corrected chi connectivity index (χ0v) is 13.7. The fourth-order valence-corrected chi connectivity index (χ4v) is 2.36. The molecule has 2 aromatic rings. The number of carbonyl (C=O) groups is 2. The molecule has 0 aliphatic rings. The number of amides is 2. The highest BCUT2D eigenvalue weighted by molar-refractivity contribution is 6.04. The second kappa shape index (κ2) is 7.58. The lowest BCUT2D eigenvalue weighted by atomic mass is 10.1. The van der Waals surface area contributed by atoms with Crippen LogP contribution in [0.5, 0.6) is 0 Å². The summed E-state index contributed by atoms with van der Waals surface area (Å²) in [6.07, 6.45) is 0.477. The molecule has 0 fully saturated rings. The molecule has 0 saturated carbocycles. The first-order valence-electron chi connectivity index (χ1n) is 7.75. The first-order chi connectivity index (χ1) is 11.0. The van der Waals surface area contributed by atoms with E-state index in [4.69, 9.17) is 0 Å². The molecule has 120 valence electrons. The van der Waals surface area contributed by atoms with Crippen molar-refractivity contribution in [3.63, 3.8) is 0 Å². The topological polar surface area (TPSA) is 49.4 Å². The molecule has 23 heavy (non-hydrogen) atoms. The van der Waals surface area contributed by atoms with E-state index in [1.807, 2.05) is 56.3 Å². The molecule has 1 atom stereocenters. The summed E-state index contributed by atoms with van der Waals surface area (Å²) in [5.74, 6) is -0.0513. The minimum Gasteiger partial charge on any atom is -0.339 e. The van der Waals surface area contributed by atoms with Crippen LogP contribution in [0.1, 0.15) is 42.2 Å². The molecule has 0 radical (unpaired) electrons. The number of rotatable bonds is 5. The lowest BCUT2D eigenvalue weighted by Crippen LogP contribution is -2.28. The normalized spacial score (nSPS) is 11.6. The van der Waals surface area contributed by atoms with Crippen molar-refractivity contribution in [3.8, 4) is 0 Å². The number of nitrogens with zero attached hydrogens (tertiary/aromatic N) is 1. The van der Waals surface area contributed by atoms with E-state index in [-0.39, 0.29) is 17.9 Å². The van der Waals surface area contributed by atoms with Gasteiger partial charge in [0.1, 0.15) is 0 Å². The Morgan fingerprint density at radius 1 is 1.09 bits per heavy atom. The van der Waals surface area contributed by atoms with Crippen molar-refractivity contribution in [2.45, 2.75) is 26.3 Å². The van der Waals surface area contributed by atoms with Gasteiger partial charge in [0.25, 0.3) is 5.91 Å². The van der Waals surface area contributed by atoms with Gasteiger partial charge in [-0.15, -0.1) is 0 Å². The van der Waals surface area contributed by atoms with E-state index in [1.165, 1.54) is 0 Å². The lowest BCUT2D eigenvalue weighted by molar-refractivity contribution is -0.131. The summed E-state index contributed by atoms with van der Waals surface area (Å²) in [4.78, 5) is 25.8. The maximum Gasteiger partial charge on any atom is 0.255 e. The average molecular weight is 310 g/mol. The number of benzene rings is 2. The van der Waals surface area contributed by atoms with Gasteiger partial charge in [-0.05, 0) is 36.8 Å². The van der Waals surface area contributed by atoms with Crippen LogP contribution in [0.2, 0.25) is 0 Å². The molecule has 0 spiro atoms. The lowest BCUT2D eigenvalue weighted by Gasteiger charge is -2.25. The maximum absolute atomic E-state index is 12.2. The Kier molecular flexibility index (Phi) is 5.52. The van der Waals surface area contributed by atoms with Gasteiger partial charge in [-0.2, -0.15) is 0 Å². The van der Waals surface area contributed by atoms with Crippen molar-refractivity contribution in [2.24, 2.45) is 0 Å². The molecule has 0 unspecified atom stereocenters. The minimum atomic E-state index is -0.145. The molecular formula is C19H22N2O2. The van der Waals surface area contributed by atoms with Crippen molar-refractivity contribution >= 4 is 17.5 Å². The van der Waals surface area contributed by atoms with Gasteiger partial charge < -0.3 is 10.2 Å². The van der Waals surface area contributed by atoms with Crippen molar-refractivity contribution in [2.75, 3.05) is 12.4 Å². The molecule has 0 aliphatic carbocycles. The fourth-order valence-electron chi connectivity index (χ4n) is 2.36. The van der Waals surface area contributed by atoms with Gasteiger partial charge in [0.05, 0.1) is 6.04 Å². The van der Waals surface area contributed by atoms with Crippen LogP contribution in [0, 0.1) is 0 Å². The molecule has 2 aromatic carbocycles. The summed E-state index contributed by atoms with van der Waals surface area (Å²) in [5, 5.41) is 2.89. The maximum atomic E-state index is 12.2. The second-order valence-corrected chi connectivity index (χ2v) is 5.48. The Hall–Kier alpha value is -2.62. The summed E-state index contributed by atoms with van der Waals surface area (Å²) >= 11 is 0. The minimum absolute atomic E-state index is 0.0453. The number of hydrogen-bond donors (Lipinski definition) is 1. The van der Waals surface area contributed by atoms with E-state index in [2.05, 4.69) is 5.32 Å². The average Bonchev–Trinajstić information content (AvgIpc) is 2.60. The molecule has 0 aliphatic heterocycles. The molecule has 0 aromatic heterocycles. The number of anilines is 1. The standard InChI is InChI=1S/C19H22N2O2/c1-4-18(22)21(3)14(2)16-11-8-12-17(13-16)20-19(23)15-9-6-5-7-10-15/h5-14H,4H2,1-3H3,(H,20,23)/t14-/m0/s1. The van der Waals surface area contributed by atoms with Gasteiger partial charge >= 0.3 is 0 Å². The van der Waals surface area contributed by atoms with Gasteiger partial charge in [0, 0.05) is 24.7 Å². The summed E-state index contributed by atoms with van der Waals surface area (Å²) < 4.78 is 0. The Labute approximate surface area is 137 Å². The quantitative estimate of drug-likeness (QED) is 0.911. The summed E-state index contributed by atoms with van der Waals surface area (Å²) in [7, 11) is 1.80. The number of nitrogens with one attached hydrogen (secondary N) is 1. The van der Waals surface area contributed by atoms with Crippen LogP contribution in [0.3, 0.4) is 0 Å². The van der Waals surface area contributed by atoms with Gasteiger partial charge in [-0.1, -0.05) is 37.3 Å². The van der Waals surface area contributed by atoms with E-state index < -0.39 is 0 Å². The van der Waals surface area contributed by atoms with Crippen LogP contribution in [0.25, 0.3) is 0 Å². The SMILES string of the molecule is CCC(=O)N(C)[C@@H](C)c1cccc(NC(=O)c2ccccc2)c1. The number of hydrogen-bond acceptors (Lipinski definition) is 2. The monoisotopic (exact) mass is 310 g/mol. The van der Waals surface area contributed by atoms with Crippen molar-refractivity contribution < 1.29 is 9.59 Å². The largest absolute Gasteiger partial charge is 0.339 e. The first kappa shape index (κ1) is 16.7. The van der Waals surface area contributed by atoms with E-state index in [1.54, 1.807) is 24.1 Å². The highest BCUT2D eigenvalue weighted by Gasteiger charge is 2.16. The van der Waals surface area contributed by atoms with E-state index in [9.17, 15) is 9.59 Å². The summed E-state index contributed by atoms with van der Waals surface area (Å²) in [6.45, 7) is 3.83. The van der Waals surface area contributed by atoms with E-state index in [0.29, 0.717) is 12.0 Å². The van der Waals surface area contributed by atoms with Crippen molar-refractivity contribution in [3.05, 3.63) is 65.7 Å². The van der Waals surface area contributed by atoms with Crippen LogP contribution in [0.4, 0.5) is 5.69 Å². The third-order valence-electron chi connectivity index (χ3n) is 3.94. The molecular weight excluding hydrogens is 288 g/mol. The van der Waals surface area contributed by atoms with Gasteiger partial charge in [0.15, 0.2) is 0 Å². The zero-order valence-electron chi connectivity index (χ0n) is 13.7. The predicted molar refractivity (Wildman–Crippen MR) is 92.3 cm³/mol. The molecule has 2 amide bonds. The van der Waals surface area contributed by atoms with Gasteiger partial charge in [0.2, 0.25) is 5.91 Å². The van der Waals surface area contributed by atoms with Crippen molar-refractivity contribution in [1.29, 1.82) is 0 Å². The van der Waals surface area contributed by atoms with Crippen LogP contribution in [-0.2, 0) is 4.79 Å². The Bertz CT molecular complexity index is 683. The fraction of sp³-hybridized carbons (Fsp3) is 0.263. The predicted octanol–water partition coefficient (Wildman–Crippen LogP) is 3.87. The Morgan fingerprint density at radius 2 is 1.78 bits per heavy atom. The molecule has 0 saturated heterocycles. The van der Waals surface area contributed by atoms with Crippen LogP contribution >= 0.6 is 0 Å². The van der Waals surface area contributed by atoms with Crippen LogP contribution < -0.4 is 5.32 Å². The number of carbonyl (C=O) groups excluding carboxylic acids is 2.